The van der Waals surface area contributed by atoms with Gasteiger partial charge < -0.3 is 4.43 Å². The van der Waals surface area contributed by atoms with Crippen LogP contribution in [0.4, 0.5) is 0 Å². The smallest absolute Gasteiger partial charge is 0.200 e. The van der Waals surface area contributed by atoms with E-state index in [1.54, 1.807) is 0 Å². The third kappa shape index (κ3) is 4.22. The van der Waals surface area contributed by atoms with Crippen molar-refractivity contribution >= 4 is 8.32 Å². The lowest BCUT2D eigenvalue weighted by Crippen LogP contribution is -2.48. The highest BCUT2D eigenvalue weighted by Crippen LogP contribution is 2.42. The lowest BCUT2D eigenvalue weighted by atomic mass is 10.1. The maximum atomic E-state index is 6.58. The molecule has 0 saturated heterocycles. The largest absolute Gasteiger partial charge is 0.416 e. The second kappa shape index (κ2) is 7.82. The summed E-state index contributed by atoms with van der Waals surface area (Å²) in [4.78, 5) is 0. The lowest BCUT2D eigenvalue weighted by molar-refractivity contribution is 0.281. The van der Waals surface area contributed by atoms with Crippen molar-refractivity contribution in [1.82, 2.24) is 0 Å². The maximum Gasteiger partial charge on any atom is 0.200 e. The van der Waals surface area contributed by atoms with Gasteiger partial charge in [-0.3, -0.25) is 0 Å². The molecule has 0 aliphatic rings. The van der Waals surface area contributed by atoms with Gasteiger partial charge >= 0.3 is 0 Å². The first-order valence-corrected chi connectivity index (χ1v) is 10.2. The van der Waals surface area contributed by atoms with Crippen LogP contribution >= 0.6 is 0 Å². The second-order valence-corrected chi connectivity index (χ2v) is 12.2. The highest BCUT2D eigenvalue weighted by Gasteiger charge is 2.44. The molecule has 2 heteroatoms. The predicted molar refractivity (Wildman–Crippen MR) is 95.1 cm³/mol. The summed E-state index contributed by atoms with van der Waals surface area (Å²) >= 11 is 0. The van der Waals surface area contributed by atoms with Gasteiger partial charge in [-0.1, -0.05) is 59.6 Å². The van der Waals surface area contributed by atoms with Gasteiger partial charge in [0.05, 0.1) is 0 Å². The molecule has 0 bridgehead atoms. The van der Waals surface area contributed by atoms with Crippen molar-refractivity contribution in [2.45, 2.75) is 64.6 Å². The van der Waals surface area contributed by atoms with Crippen molar-refractivity contribution in [3.63, 3.8) is 0 Å². The van der Waals surface area contributed by atoms with Crippen molar-refractivity contribution < 1.29 is 4.43 Å². The lowest BCUT2D eigenvalue weighted by Gasteiger charge is -2.42. The van der Waals surface area contributed by atoms with E-state index in [-0.39, 0.29) is 0 Å². The number of hydrogen-bond acceptors (Lipinski definition) is 1. The van der Waals surface area contributed by atoms with Crippen LogP contribution in [-0.4, -0.2) is 14.9 Å². The quantitative estimate of drug-likeness (QED) is 0.484. The van der Waals surface area contributed by atoms with Crippen LogP contribution in [0, 0.1) is 12.3 Å². The first-order chi connectivity index (χ1) is 9.84. The van der Waals surface area contributed by atoms with E-state index in [9.17, 15) is 0 Å². The predicted octanol–water partition coefficient (Wildman–Crippen LogP) is 5.40. The van der Waals surface area contributed by atoms with Crippen LogP contribution in [-0.2, 0) is 10.8 Å². The van der Waals surface area contributed by atoms with Crippen LogP contribution in [0.3, 0.4) is 0 Å². The SMILES string of the molecule is C#Cc1cccc(CCO[Si](C(C)C)(C(C)C)C(C)C)c1. The summed E-state index contributed by atoms with van der Waals surface area (Å²) in [5.41, 5.74) is 4.12. The molecule has 0 N–H and O–H groups in total. The van der Waals surface area contributed by atoms with Crippen molar-refractivity contribution in [3.05, 3.63) is 35.4 Å². The van der Waals surface area contributed by atoms with Crippen molar-refractivity contribution in [1.29, 1.82) is 0 Å². The molecule has 0 aliphatic heterocycles. The van der Waals surface area contributed by atoms with E-state index in [1.807, 2.05) is 12.1 Å². The summed E-state index contributed by atoms with van der Waals surface area (Å²) in [5.74, 6) is 2.70. The van der Waals surface area contributed by atoms with E-state index in [4.69, 9.17) is 10.8 Å². The van der Waals surface area contributed by atoms with Gasteiger partial charge in [0.2, 0.25) is 0 Å². The molecule has 0 aliphatic carbocycles. The Morgan fingerprint density at radius 2 is 1.62 bits per heavy atom. The van der Waals surface area contributed by atoms with E-state index in [0.29, 0.717) is 16.6 Å². The van der Waals surface area contributed by atoms with E-state index >= 15 is 0 Å². The van der Waals surface area contributed by atoms with Gasteiger partial charge in [0, 0.05) is 12.2 Å². The Hall–Kier alpha value is -1.04. The van der Waals surface area contributed by atoms with Crippen LogP contribution < -0.4 is 0 Å². The topological polar surface area (TPSA) is 9.23 Å². The normalized spacial score (nSPS) is 12.2. The highest BCUT2D eigenvalue weighted by molar-refractivity contribution is 6.77. The van der Waals surface area contributed by atoms with Gasteiger partial charge in [-0.05, 0) is 40.7 Å². The monoisotopic (exact) mass is 302 g/mol. The van der Waals surface area contributed by atoms with Crippen LogP contribution in [0.5, 0.6) is 0 Å². The molecule has 116 valence electrons. The van der Waals surface area contributed by atoms with Gasteiger partial charge in [-0.25, -0.2) is 0 Å². The number of hydrogen-bond donors (Lipinski definition) is 0. The van der Waals surface area contributed by atoms with E-state index < -0.39 is 8.32 Å². The number of terminal acetylenes is 1. The molecule has 0 radical (unpaired) electrons. The zero-order valence-electron chi connectivity index (χ0n) is 14.4. The minimum absolute atomic E-state index is 0.634. The Balaban J connectivity index is 2.76. The van der Waals surface area contributed by atoms with Gasteiger partial charge in [-0.2, -0.15) is 0 Å². The van der Waals surface area contributed by atoms with Crippen molar-refractivity contribution in [3.8, 4) is 12.3 Å². The Morgan fingerprint density at radius 3 is 2.10 bits per heavy atom. The van der Waals surface area contributed by atoms with E-state index in [0.717, 1.165) is 18.6 Å². The molecule has 0 heterocycles. The molecule has 1 nitrogen and oxygen atoms in total. The zero-order valence-corrected chi connectivity index (χ0v) is 15.4. The molecule has 0 saturated carbocycles. The standard InChI is InChI=1S/C19H30OSi/c1-8-18-10-9-11-19(14-18)12-13-20-21(15(2)3,16(4)5)17(6)7/h1,9-11,14-17H,12-13H2,2-7H3. The molecule has 21 heavy (non-hydrogen) atoms. The molecule has 0 spiro atoms. The Kier molecular flexibility index (Phi) is 6.71. The molecule has 1 aromatic carbocycles. The number of rotatable bonds is 7. The molecule has 1 aromatic rings. The molecular weight excluding hydrogens is 272 g/mol. The fourth-order valence-electron chi connectivity index (χ4n) is 3.66. The fraction of sp³-hybridized carbons (Fsp3) is 0.579. The summed E-state index contributed by atoms with van der Waals surface area (Å²) in [6.45, 7) is 14.7. The van der Waals surface area contributed by atoms with Crippen LogP contribution in [0.2, 0.25) is 16.6 Å². The minimum Gasteiger partial charge on any atom is -0.416 e. The Labute approximate surface area is 132 Å². The molecule has 1 rings (SSSR count). The average Bonchev–Trinajstić information content (AvgIpc) is 2.42. The summed E-state index contributed by atoms with van der Waals surface area (Å²) < 4.78 is 6.58. The molecule has 0 fully saturated rings. The van der Waals surface area contributed by atoms with Crippen LogP contribution in [0.25, 0.3) is 0 Å². The summed E-state index contributed by atoms with van der Waals surface area (Å²) in [6, 6.07) is 8.22. The Morgan fingerprint density at radius 1 is 1.05 bits per heavy atom. The first kappa shape index (κ1) is 18.0. The molecule has 0 amide bonds. The summed E-state index contributed by atoms with van der Waals surface area (Å²) in [6.07, 6.45) is 6.40. The summed E-state index contributed by atoms with van der Waals surface area (Å²) in [7, 11) is -1.74. The molecule has 0 aromatic heterocycles. The highest BCUT2D eigenvalue weighted by atomic mass is 28.4. The molecule has 0 atom stereocenters. The third-order valence-electron chi connectivity index (χ3n) is 4.54. The van der Waals surface area contributed by atoms with Gasteiger partial charge in [0.1, 0.15) is 0 Å². The maximum absolute atomic E-state index is 6.58. The van der Waals surface area contributed by atoms with Gasteiger partial charge in [-0.15, -0.1) is 6.42 Å². The van der Waals surface area contributed by atoms with E-state index in [2.05, 4.69) is 59.6 Å². The van der Waals surface area contributed by atoms with Crippen LogP contribution in [0.1, 0.15) is 52.7 Å². The minimum atomic E-state index is -1.74. The fourth-order valence-corrected chi connectivity index (χ4v) is 9.12. The van der Waals surface area contributed by atoms with E-state index in [1.165, 1.54) is 5.56 Å². The zero-order chi connectivity index (χ0) is 16.0. The van der Waals surface area contributed by atoms with Crippen molar-refractivity contribution in [2.24, 2.45) is 0 Å². The average molecular weight is 303 g/mol. The van der Waals surface area contributed by atoms with Gasteiger partial charge in [0.25, 0.3) is 0 Å². The molecule has 0 unspecified atom stereocenters. The third-order valence-corrected chi connectivity index (χ3v) is 10.7. The number of benzene rings is 1. The Bertz CT molecular complexity index is 461. The van der Waals surface area contributed by atoms with Crippen molar-refractivity contribution in [2.75, 3.05) is 6.61 Å². The first-order valence-electron chi connectivity index (χ1n) is 8.04. The molecular formula is C19H30OSi. The van der Waals surface area contributed by atoms with Crippen LogP contribution in [0.15, 0.2) is 24.3 Å². The summed E-state index contributed by atoms with van der Waals surface area (Å²) in [5, 5.41) is 0. The second-order valence-electron chi connectivity index (χ2n) is 6.76. The van der Waals surface area contributed by atoms with Gasteiger partial charge in [0.15, 0.2) is 8.32 Å².